The predicted octanol–water partition coefficient (Wildman–Crippen LogP) is 2.83. The number of rotatable bonds is 9. The van der Waals surface area contributed by atoms with Crippen molar-refractivity contribution in [3.8, 4) is 5.75 Å². The van der Waals surface area contributed by atoms with E-state index in [0.717, 1.165) is 0 Å². The second-order valence-corrected chi connectivity index (χ2v) is 8.80. The van der Waals surface area contributed by atoms with Crippen molar-refractivity contribution in [1.29, 1.82) is 0 Å². The summed E-state index contributed by atoms with van der Waals surface area (Å²) in [5.41, 5.74) is 6.25. The first-order valence-electron chi connectivity index (χ1n) is 9.72. The van der Waals surface area contributed by atoms with Gasteiger partial charge < -0.3 is 21.1 Å². The van der Waals surface area contributed by atoms with E-state index in [2.05, 4.69) is 15.4 Å². The standard InChI is InChI=1S/C21H28N4O5S/c1-5-13(2)19(24-21(22)27)20(26)23-15-11-10-14(3)18(12-15)31(28,29)25-16-8-6-7-9-17(16)30-4/h6-13,19,25H,5H2,1-4H3,(H,23,26)(H3,22,24,27). The van der Waals surface area contributed by atoms with Crippen LogP contribution in [-0.2, 0) is 14.8 Å². The van der Waals surface area contributed by atoms with Crippen LogP contribution in [0, 0.1) is 12.8 Å². The van der Waals surface area contributed by atoms with Crippen molar-refractivity contribution in [2.45, 2.75) is 38.1 Å². The molecule has 10 heteroatoms. The lowest BCUT2D eigenvalue weighted by molar-refractivity contribution is -0.119. The van der Waals surface area contributed by atoms with Crippen molar-refractivity contribution in [2.24, 2.45) is 11.7 Å². The first kappa shape index (κ1) is 24.0. The van der Waals surface area contributed by atoms with Gasteiger partial charge in [-0.1, -0.05) is 38.5 Å². The monoisotopic (exact) mass is 448 g/mol. The highest BCUT2D eigenvalue weighted by Gasteiger charge is 2.26. The summed E-state index contributed by atoms with van der Waals surface area (Å²) < 4.78 is 33.7. The first-order valence-corrected chi connectivity index (χ1v) is 11.2. The van der Waals surface area contributed by atoms with Gasteiger partial charge in [0.15, 0.2) is 0 Å². The van der Waals surface area contributed by atoms with E-state index < -0.39 is 28.0 Å². The largest absolute Gasteiger partial charge is 0.495 e. The molecule has 2 atom stereocenters. The number of nitrogens with one attached hydrogen (secondary N) is 3. The number of sulfonamides is 1. The first-order chi connectivity index (χ1) is 14.6. The van der Waals surface area contributed by atoms with Gasteiger partial charge in [0.05, 0.1) is 17.7 Å². The Kier molecular flexibility index (Phi) is 7.87. The van der Waals surface area contributed by atoms with Crippen LogP contribution >= 0.6 is 0 Å². The third-order valence-corrected chi connectivity index (χ3v) is 6.40. The highest BCUT2D eigenvalue weighted by molar-refractivity contribution is 7.92. The topological polar surface area (TPSA) is 140 Å². The Balaban J connectivity index is 2.32. The Labute approximate surface area is 182 Å². The van der Waals surface area contributed by atoms with Crippen molar-refractivity contribution in [1.82, 2.24) is 5.32 Å². The number of nitrogens with two attached hydrogens (primary N) is 1. The van der Waals surface area contributed by atoms with Gasteiger partial charge in [-0.2, -0.15) is 0 Å². The van der Waals surface area contributed by atoms with E-state index in [9.17, 15) is 18.0 Å². The zero-order valence-corrected chi connectivity index (χ0v) is 18.7. The van der Waals surface area contributed by atoms with Crippen molar-refractivity contribution in [3.05, 3.63) is 48.0 Å². The lowest BCUT2D eigenvalue weighted by atomic mass is 9.98. The maximum Gasteiger partial charge on any atom is 0.312 e. The molecular weight excluding hydrogens is 420 g/mol. The highest BCUT2D eigenvalue weighted by atomic mass is 32.2. The number of urea groups is 1. The van der Waals surface area contributed by atoms with Crippen LogP contribution in [0.2, 0.25) is 0 Å². The Morgan fingerprint density at radius 3 is 2.45 bits per heavy atom. The number of primary amides is 1. The molecule has 31 heavy (non-hydrogen) atoms. The zero-order valence-electron chi connectivity index (χ0n) is 17.9. The maximum absolute atomic E-state index is 13.0. The predicted molar refractivity (Wildman–Crippen MR) is 120 cm³/mol. The fourth-order valence-electron chi connectivity index (χ4n) is 2.97. The second-order valence-electron chi connectivity index (χ2n) is 7.15. The summed E-state index contributed by atoms with van der Waals surface area (Å²) in [6.45, 7) is 5.34. The molecule has 0 heterocycles. The summed E-state index contributed by atoms with van der Waals surface area (Å²) in [7, 11) is -2.52. The fraction of sp³-hybridized carbons (Fsp3) is 0.333. The van der Waals surface area contributed by atoms with Gasteiger partial charge in [0.2, 0.25) is 5.91 Å². The SMILES string of the molecule is CCC(C)C(NC(N)=O)C(=O)Nc1ccc(C)c(S(=O)(=O)Nc2ccccc2OC)c1. The van der Waals surface area contributed by atoms with Gasteiger partial charge >= 0.3 is 6.03 Å². The quantitative estimate of drug-likeness (QED) is 0.467. The van der Waals surface area contributed by atoms with Gasteiger partial charge in [0, 0.05) is 5.69 Å². The van der Waals surface area contributed by atoms with Gasteiger partial charge in [0.1, 0.15) is 11.8 Å². The summed E-state index contributed by atoms with van der Waals surface area (Å²) in [6.07, 6.45) is 0.634. The number of methoxy groups -OCH3 is 1. The maximum atomic E-state index is 13.0. The average molecular weight is 449 g/mol. The number of aryl methyl sites for hydroxylation is 1. The molecule has 0 aromatic heterocycles. The number of carbonyl (C=O) groups excluding carboxylic acids is 2. The summed E-state index contributed by atoms with van der Waals surface area (Å²) in [6, 6.07) is 9.52. The summed E-state index contributed by atoms with van der Waals surface area (Å²) in [4.78, 5) is 24.0. The molecule has 0 spiro atoms. The van der Waals surface area contributed by atoms with Crippen LogP contribution in [0.5, 0.6) is 5.75 Å². The van der Waals surface area contributed by atoms with Crippen molar-refractivity contribution in [2.75, 3.05) is 17.1 Å². The number of ether oxygens (including phenoxy) is 1. The van der Waals surface area contributed by atoms with E-state index >= 15 is 0 Å². The molecule has 3 amide bonds. The van der Waals surface area contributed by atoms with Gasteiger partial charge in [-0.25, -0.2) is 13.2 Å². The van der Waals surface area contributed by atoms with Crippen LogP contribution in [0.4, 0.5) is 16.2 Å². The molecule has 9 nitrogen and oxygen atoms in total. The zero-order chi connectivity index (χ0) is 23.2. The molecule has 0 saturated carbocycles. The minimum Gasteiger partial charge on any atom is -0.495 e. The number of anilines is 2. The van der Waals surface area contributed by atoms with E-state index in [1.807, 2.05) is 13.8 Å². The Morgan fingerprint density at radius 1 is 1.16 bits per heavy atom. The van der Waals surface area contributed by atoms with E-state index in [-0.39, 0.29) is 16.5 Å². The minimum absolute atomic E-state index is 0.000781. The van der Waals surface area contributed by atoms with Crippen molar-refractivity contribution < 1.29 is 22.7 Å². The van der Waals surface area contributed by atoms with E-state index in [1.165, 1.54) is 13.2 Å². The minimum atomic E-state index is -3.97. The number of carbonyl (C=O) groups is 2. The summed E-state index contributed by atoms with van der Waals surface area (Å²) in [5, 5.41) is 5.10. The number of amides is 3. The molecule has 0 radical (unpaired) electrons. The molecule has 0 bridgehead atoms. The van der Waals surface area contributed by atoms with E-state index in [0.29, 0.717) is 23.4 Å². The number of hydrogen-bond donors (Lipinski definition) is 4. The fourth-order valence-corrected chi connectivity index (χ4v) is 4.31. The average Bonchev–Trinajstić information content (AvgIpc) is 2.72. The molecule has 2 rings (SSSR count). The van der Waals surface area contributed by atoms with E-state index in [4.69, 9.17) is 10.5 Å². The molecule has 2 aromatic rings. The molecule has 0 aliphatic heterocycles. The molecule has 2 unspecified atom stereocenters. The third kappa shape index (κ3) is 6.11. The van der Waals surface area contributed by atoms with Gasteiger partial charge in [-0.15, -0.1) is 0 Å². The third-order valence-electron chi connectivity index (χ3n) is 4.89. The Hall–Kier alpha value is -3.27. The van der Waals surface area contributed by atoms with Gasteiger partial charge in [-0.05, 0) is 42.7 Å². The molecule has 168 valence electrons. The van der Waals surface area contributed by atoms with Crippen LogP contribution in [0.3, 0.4) is 0 Å². The van der Waals surface area contributed by atoms with Crippen LogP contribution in [0.1, 0.15) is 25.8 Å². The molecule has 0 fully saturated rings. The van der Waals surface area contributed by atoms with Gasteiger partial charge in [-0.3, -0.25) is 9.52 Å². The lowest BCUT2D eigenvalue weighted by Crippen LogP contribution is -2.49. The number of hydrogen-bond acceptors (Lipinski definition) is 5. The van der Waals surface area contributed by atoms with Crippen molar-refractivity contribution >= 4 is 33.3 Å². The van der Waals surface area contributed by atoms with Crippen molar-refractivity contribution in [3.63, 3.8) is 0 Å². The molecule has 0 saturated heterocycles. The van der Waals surface area contributed by atoms with E-state index in [1.54, 1.807) is 43.3 Å². The molecule has 0 aliphatic carbocycles. The molecule has 0 aliphatic rings. The van der Waals surface area contributed by atoms with Crippen LogP contribution in [0.15, 0.2) is 47.4 Å². The highest BCUT2D eigenvalue weighted by Crippen LogP contribution is 2.28. The molecule has 2 aromatic carbocycles. The lowest BCUT2D eigenvalue weighted by Gasteiger charge is -2.23. The molecule has 5 N–H and O–H groups in total. The Bertz CT molecular complexity index is 1060. The summed E-state index contributed by atoms with van der Waals surface area (Å²) in [5.74, 6) is -0.284. The molecular formula is C21H28N4O5S. The van der Waals surface area contributed by atoms with Gasteiger partial charge in [0.25, 0.3) is 10.0 Å². The van der Waals surface area contributed by atoms with Crippen LogP contribution < -0.4 is 25.8 Å². The normalized spacial score (nSPS) is 13.0. The Morgan fingerprint density at radius 2 is 1.84 bits per heavy atom. The number of benzene rings is 2. The summed E-state index contributed by atoms with van der Waals surface area (Å²) >= 11 is 0. The van der Waals surface area contributed by atoms with Crippen LogP contribution in [0.25, 0.3) is 0 Å². The second kappa shape index (κ2) is 10.2. The smallest absolute Gasteiger partial charge is 0.312 e. The van der Waals surface area contributed by atoms with Crippen LogP contribution in [-0.4, -0.2) is 33.5 Å². The number of para-hydroxylation sites is 2.